The molecular formula is C15H26N2. The topological polar surface area (TPSA) is 29.3 Å². The fourth-order valence-electron chi connectivity index (χ4n) is 2.28. The molecule has 0 saturated heterocycles. The highest BCUT2D eigenvalue weighted by Gasteiger charge is 2.20. The molecule has 0 aliphatic heterocycles. The van der Waals surface area contributed by atoms with Gasteiger partial charge in [0.05, 0.1) is 0 Å². The monoisotopic (exact) mass is 234 g/mol. The van der Waals surface area contributed by atoms with Crippen LogP contribution in [0.5, 0.6) is 0 Å². The minimum absolute atomic E-state index is 0.0699. The minimum atomic E-state index is -0.0699. The second-order valence-electron chi connectivity index (χ2n) is 5.19. The van der Waals surface area contributed by atoms with Gasteiger partial charge in [-0.1, -0.05) is 50.6 Å². The van der Waals surface area contributed by atoms with E-state index in [1.165, 1.54) is 5.56 Å². The molecule has 2 heteroatoms. The molecule has 1 unspecified atom stereocenters. The Hall–Kier alpha value is -0.860. The van der Waals surface area contributed by atoms with E-state index in [0.717, 1.165) is 32.5 Å². The summed E-state index contributed by atoms with van der Waals surface area (Å²) in [5.74, 6) is 0. The highest BCUT2D eigenvalue weighted by atomic mass is 15.1. The first-order valence-corrected chi connectivity index (χ1v) is 6.62. The number of hydrogen-bond acceptors (Lipinski definition) is 2. The van der Waals surface area contributed by atoms with E-state index in [1.807, 2.05) is 0 Å². The summed E-state index contributed by atoms with van der Waals surface area (Å²) in [6.07, 6.45) is 2.23. The quantitative estimate of drug-likeness (QED) is 0.786. The average molecular weight is 234 g/mol. The summed E-state index contributed by atoms with van der Waals surface area (Å²) < 4.78 is 0. The van der Waals surface area contributed by atoms with Crippen LogP contribution in [0.1, 0.15) is 39.2 Å². The molecule has 0 aliphatic rings. The Kier molecular flexibility index (Phi) is 5.66. The molecule has 1 aromatic carbocycles. The Bertz CT molecular complexity index is 306. The fourth-order valence-corrected chi connectivity index (χ4v) is 2.28. The second kappa shape index (κ2) is 6.77. The maximum Gasteiger partial charge on any atom is 0.0254 e. The van der Waals surface area contributed by atoms with Gasteiger partial charge in [-0.3, -0.25) is 4.90 Å². The van der Waals surface area contributed by atoms with E-state index < -0.39 is 0 Å². The normalized spacial score (nSPS) is 14.9. The van der Waals surface area contributed by atoms with Crippen molar-refractivity contribution in [2.75, 3.05) is 13.1 Å². The standard InChI is InChI=1S/C15H26N2/c1-4-11-15(3,16)13-17(5-2)12-14-9-7-6-8-10-14/h6-10H,4-5,11-13,16H2,1-3H3. The maximum atomic E-state index is 6.32. The first kappa shape index (κ1) is 14.2. The van der Waals surface area contributed by atoms with Crippen LogP contribution in [0.25, 0.3) is 0 Å². The molecule has 1 atom stereocenters. The molecule has 0 fully saturated rings. The van der Waals surface area contributed by atoms with Gasteiger partial charge in [0, 0.05) is 18.6 Å². The SMILES string of the molecule is CCCC(C)(N)CN(CC)Cc1ccccc1. The van der Waals surface area contributed by atoms with Crippen LogP contribution in [0.3, 0.4) is 0 Å². The van der Waals surface area contributed by atoms with E-state index in [1.54, 1.807) is 0 Å². The van der Waals surface area contributed by atoms with Crippen molar-refractivity contribution in [2.45, 2.75) is 45.7 Å². The molecule has 0 saturated carbocycles. The van der Waals surface area contributed by atoms with Gasteiger partial charge in [0.15, 0.2) is 0 Å². The van der Waals surface area contributed by atoms with E-state index in [2.05, 4.69) is 56.0 Å². The van der Waals surface area contributed by atoms with E-state index in [0.29, 0.717) is 0 Å². The van der Waals surface area contributed by atoms with Crippen LogP contribution in [0.2, 0.25) is 0 Å². The van der Waals surface area contributed by atoms with Crippen LogP contribution in [-0.2, 0) is 6.54 Å². The summed E-state index contributed by atoms with van der Waals surface area (Å²) in [5, 5.41) is 0. The predicted octanol–water partition coefficient (Wildman–Crippen LogP) is 3.03. The van der Waals surface area contributed by atoms with Crippen LogP contribution >= 0.6 is 0 Å². The van der Waals surface area contributed by atoms with Gasteiger partial charge in [-0.05, 0) is 25.5 Å². The van der Waals surface area contributed by atoms with Crippen LogP contribution in [0, 0.1) is 0 Å². The van der Waals surface area contributed by atoms with Gasteiger partial charge < -0.3 is 5.73 Å². The number of hydrogen-bond donors (Lipinski definition) is 1. The van der Waals surface area contributed by atoms with Crippen LogP contribution in [0.4, 0.5) is 0 Å². The Balaban J connectivity index is 2.55. The van der Waals surface area contributed by atoms with Crippen LogP contribution in [-0.4, -0.2) is 23.5 Å². The third-order valence-electron chi connectivity index (χ3n) is 3.10. The molecule has 0 bridgehead atoms. The lowest BCUT2D eigenvalue weighted by molar-refractivity contribution is 0.211. The first-order chi connectivity index (χ1) is 8.07. The van der Waals surface area contributed by atoms with Crippen molar-refractivity contribution in [1.82, 2.24) is 4.90 Å². The van der Waals surface area contributed by atoms with Crippen molar-refractivity contribution in [2.24, 2.45) is 5.73 Å². The Morgan fingerprint density at radius 2 is 1.82 bits per heavy atom. The summed E-state index contributed by atoms with van der Waals surface area (Å²) in [6, 6.07) is 10.6. The average Bonchev–Trinajstić information content (AvgIpc) is 2.29. The van der Waals surface area contributed by atoms with Gasteiger partial charge >= 0.3 is 0 Å². The molecule has 1 aromatic rings. The predicted molar refractivity (Wildman–Crippen MR) is 74.9 cm³/mol. The highest BCUT2D eigenvalue weighted by molar-refractivity contribution is 5.14. The van der Waals surface area contributed by atoms with Crippen molar-refractivity contribution >= 4 is 0 Å². The number of nitrogens with zero attached hydrogens (tertiary/aromatic N) is 1. The maximum absolute atomic E-state index is 6.32. The third kappa shape index (κ3) is 5.33. The lowest BCUT2D eigenvalue weighted by Crippen LogP contribution is -2.47. The van der Waals surface area contributed by atoms with E-state index in [-0.39, 0.29) is 5.54 Å². The molecular weight excluding hydrogens is 208 g/mol. The summed E-state index contributed by atoms with van der Waals surface area (Å²) >= 11 is 0. The summed E-state index contributed by atoms with van der Waals surface area (Å²) in [4.78, 5) is 2.42. The van der Waals surface area contributed by atoms with Crippen molar-refractivity contribution in [1.29, 1.82) is 0 Å². The Morgan fingerprint density at radius 1 is 1.18 bits per heavy atom. The molecule has 17 heavy (non-hydrogen) atoms. The molecule has 0 heterocycles. The number of benzene rings is 1. The van der Waals surface area contributed by atoms with Crippen molar-refractivity contribution < 1.29 is 0 Å². The van der Waals surface area contributed by atoms with Gasteiger partial charge in [-0.15, -0.1) is 0 Å². The summed E-state index contributed by atoms with van der Waals surface area (Å²) in [7, 11) is 0. The number of nitrogens with two attached hydrogens (primary N) is 1. The zero-order valence-electron chi connectivity index (χ0n) is 11.4. The Morgan fingerprint density at radius 3 is 2.35 bits per heavy atom. The van der Waals surface area contributed by atoms with Crippen LogP contribution < -0.4 is 5.73 Å². The molecule has 0 amide bonds. The van der Waals surface area contributed by atoms with Gasteiger partial charge in [-0.25, -0.2) is 0 Å². The number of rotatable bonds is 7. The molecule has 0 aromatic heterocycles. The van der Waals surface area contributed by atoms with E-state index in [9.17, 15) is 0 Å². The molecule has 1 rings (SSSR count). The van der Waals surface area contributed by atoms with Gasteiger partial charge in [-0.2, -0.15) is 0 Å². The lowest BCUT2D eigenvalue weighted by Gasteiger charge is -2.31. The third-order valence-corrected chi connectivity index (χ3v) is 3.10. The smallest absolute Gasteiger partial charge is 0.0254 e. The largest absolute Gasteiger partial charge is 0.324 e. The van der Waals surface area contributed by atoms with E-state index >= 15 is 0 Å². The molecule has 2 N–H and O–H groups in total. The van der Waals surface area contributed by atoms with Crippen molar-refractivity contribution in [3.05, 3.63) is 35.9 Å². The first-order valence-electron chi connectivity index (χ1n) is 6.62. The van der Waals surface area contributed by atoms with Crippen molar-refractivity contribution in [3.8, 4) is 0 Å². The molecule has 0 radical (unpaired) electrons. The molecule has 0 aliphatic carbocycles. The summed E-state index contributed by atoms with van der Waals surface area (Å²) in [5.41, 5.74) is 7.61. The van der Waals surface area contributed by atoms with Gasteiger partial charge in [0.1, 0.15) is 0 Å². The molecule has 0 spiro atoms. The van der Waals surface area contributed by atoms with Crippen molar-refractivity contribution in [3.63, 3.8) is 0 Å². The zero-order chi connectivity index (χ0) is 12.7. The number of likely N-dealkylation sites (N-methyl/N-ethyl adjacent to an activating group) is 1. The zero-order valence-corrected chi connectivity index (χ0v) is 11.4. The molecule has 2 nitrogen and oxygen atoms in total. The molecule has 96 valence electrons. The van der Waals surface area contributed by atoms with E-state index in [4.69, 9.17) is 5.73 Å². The minimum Gasteiger partial charge on any atom is -0.324 e. The lowest BCUT2D eigenvalue weighted by atomic mass is 9.96. The van der Waals surface area contributed by atoms with Crippen LogP contribution in [0.15, 0.2) is 30.3 Å². The summed E-state index contributed by atoms with van der Waals surface area (Å²) in [6.45, 7) is 9.55. The van der Waals surface area contributed by atoms with Gasteiger partial charge in [0.25, 0.3) is 0 Å². The second-order valence-corrected chi connectivity index (χ2v) is 5.19. The Labute approximate surface area is 106 Å². The van der Waals surface area contributed by atoms with Gasteiger partial charge in [0.2, 0.25) is 0 Å². The fraction of sp³-hybridized carbons (Fsp3) is 0.600. The highest BCUT2D eigenvalue weighted by Crippen LogP contribution is 2.13.